The maximum atomic E-state index is 11.1. The Bertz CT molecular complexity index is 388. The van der Waals surface area contributed by atoms with E-state index in [-0.39, 0.29) is 18.3 Å². The summed E-state index contributed by atoms with van der Waals surface area (Å²) in [7, 11) is 0. The van der Waals surface area contributed by atoms with Crippen molar-refractivity contribution in [3.63, 3.8) is 0 Å². The number of rotatable bonds is 11. The number of nitrogens with zero attached hydrogens (tertiary/aromatic N) is 3. The van der Waals surface area contributed by atoms with Crippen LogP contribution in [0, 0.1) is 0 Å². The van der Waals surface area contributed by atoms with E-state index in [9.17, 15) is 4.79 Å². The van der Waals surface area contributed by atoms with Gasteiger partial charge in [-0.05, 0) is 38.1 Å². The van der Waals surface area contributed by atoms with Gasteiger partial charge >= 0.3 is 5.97 Å². The molecule has 1 unspecified atom stereocenters. The van der Waals surface area contributed by atoms with Crippen LogP contribution in [0.3, 0.4) is 0 Å². The molecule has 1 saturated heterocycles. The zero-order valence-electron chi connectivity index (χ0n) is 13.1. The van der Waals surface area contributed by atoms with Gasteiger partial charge in [-0.15, -0.1) is 0 Å². The molecule has 0 bridgehead atoms. The van der Waals surface area contributed by atoms with Gasteiger partial charge in [-0.25, -0.2) is 0 Å². The predicted molar refractivity (Wildman–Crippen MR) is 82.1 cm³/mol. The molecule has 0 aromatic heterocycles. The lowest BCUT2D eigenvalue weighted by atomic mass is 10.1. The van der Waals surface area contributed by atoms with E-state index in [2.05, 4.69) is 16.1 Å². The maximum Gasteiger partial charge on any atom is 0.306 e. The van der Waals surface area contributed by atoms with Crippen LogP contribution in [0.4, 0.5) is 0 Å². The summed E-state index contributed by atoms with van der Waals surface area (Å²) in [5.74, 6) is -0.160. The lowest BCUT2D eigenvalue weighted by Gasteiger charge is -2.14. The molecule has 1 aliphatic rings. The van der Waals surface area contributed by atoms with Crippen molar-refractivity contribution in [1.29, 1.82) is 0 Å². The van der Waals surface area contributed by atoms with Crippen molar-refractivity contribution >= 4 is 5.97 Å². The van der Waals surface area contributed by atoms with Crippen LogP contribution < -0.4 is 0 Å². The van der Waals surface area contributed by atoms with Crippen molar-refractivity contribution in [2.45, 2.75) is 57.8 Å². The van der Waals surface area contributed by atoms with Crippen molar-refractivity contribution in [2.75, 3.05) is 19.8 Å². The summed E-state index contributed by atoms with van der Waals surface area (Å²) in [4.78, 5) is 14.0. The van der Waals surface area contributed by atoms with Gasteiger partial charge in [0, 0.05) is 23.8 Å². The Labute approximate surface area is 131 Å². The zero-order chi connectivity index (χ0) is 16.0. The van der Waals surface area contributed by atoms with E-state index in [1.165, 1.54) is 0 Å². The summed E-state index contributed by atoms with van der Waals surface area (Å²) in [5, 5.41) is 3.80. The fourth-order valence-electron chi connectivity index (χ4n) is 2.20. The second-order valence-electron chi connectivity index (χ2n) is 5.01. The Balaban J connectivity index is 2.11. The normalized spacial score (nSPS) is 16.6. The Kier molecular flexibility index (Phi) is 10.1. The number of ether oxygens (including phenoxy) is 3. The minimum Gasteiger partial charge on any atom is -0.466 e. The smallest absolute Gasteiger partial charge is 0.306 e. The molecule has 124 valence electrons. The first-order valence-corrected chi connectivity index (χ1v) is 7.84. The fraction of sp³-hybridized carbons (Fsp3) is 0.800. The van der Waals surface area contributed by atoms with Gasteiger partial charge in [-0.1, -0.05) is 17.3 Å². The molecule has 1 heterocycles. The first kappa shape index (κ1) is 18.5. The largest absolute Gasteiger partial charge is 0.466 e. The zero-order valence-corrected chi connectivity index (χ0v) is 13.1. The Morgan fingerprint density at radius 2 is 2.14 bits per heavy atom. The van der Waals surface area contributed by atoms with Gasteiger partial charge in [-0.2, -0.15) is 0 Å². The number of esters is 1. The van der Waals surface area contributed by atoms with Crippen LogP contribution in [-0.4, -0.2) is 38.1 Å². The van der Waals surface area contributed by atoms with Crippen LogP contribution in [0.2, 0.25) is 0 Å². The fourth-order valence-corrected chi connectivity index (χ4v) is 2.20. The molecule has 0 spiro atoms. The average molecular weight is 311 g/mol. The molecule has 22 heavy (non-hydrogen) atoms. The predicted octanol–water partition coefficient (Wildman–Crippen LogP) is 3.50. The van der Waals surface area contributed by atoms with Gasteiger partial charge in [0.1, 0.15) is 0 Å². The monoisotopic (exact) mass is 311 g/mol. The molecule has 0 aromatic rings. The van der Waals surface area contributed by atoms with Crippen LogP contribution in [0.1, 0.15) is 45.4 Å². The minimum absolute atomic E-state index is 0.0963. The second kappa shape index (κ2) is 12.0. The molecule has 0 radical (unpaired) electrons. The molecule has 0 aromatic carbocycles. The lowest BCUT2D eigenvalue weighted by molar-refractivity contribution is -0.143. The Morgan fingerprint density at radius 3 is 2.82 bits per heavy atom. The molecule has 0 N–H and O–H groups in total. The van der Waals surface area contributed by atoms with E-state index in [1.54, 1.807) is 6.92 Å². The molecular weight excluding hydrogens is 286 g/mol. The number of carbonyl (C=O) groups is 1. The van der Waals surface area contributed by atoms with Crippen LogP contribution in [0.25, 0.3) is 10.4 Å². The van der Waals surface area contributed by atoms with Crippen molar-refractivity contribution in [3.05, 3.63) is 22.6 Å². The number of carbonyl (C=O) groups excluding carboxylic acids is 1. The number of azide groups is 1. The molecule has 7 nitrogen and oxygen atoms in total. The van der Waals surface area contributed by atoms with Gasteiger partial charge in [0.2, 0.25) is 0 Å². The van der Waals surface area contributed by atoms with E-state index in [0.717, 1.165) is 19.3 Å². The molecule has 1 fully saturated rings. The number of hydrogen-bond donors (Lipinski definition) is 0. The van der Waals surface area contributed by atoms with Crippen LogP contribution in [0.15, 0.2) is 17.3 Å². The quantitative estimate of drug-likeness (QED) is 0.146. The van der Waals surface area contributed by atoms with E-state index in [0.29, 0.717) is 39.1 Å². The summed E-state index contributed by atoms with van der Waals surface area (Å²) >= 11 is 0. The first-order valence-electron chi connectivity index (χ1n) is 7.84. The SMILES string of the molecule is CCOC(=O)CC/C=C\CCCC(CC1OCCO1)N=[N+]=[N-]. The summed E-state index contributed by atoms with van der Waals surface area (Å²) in [6, 6.07) is -0.0963. The highest BCUT2D eigenvalue weighted by Crippen LogP contribution is 2.17. The van der Waals surface area contributed by atoms with Gasteiger partial charge in [0.15, 0.2) is 6.29 Å². The lowest BCUT2D eigenvalue weighted by Crippen LogP contribution is -2.16. The molecule has 0 aliphatic carbocycles. The van der Waals surface area contributed by atoms with E-state index in [4.69, 9.17) is 19.7 Å². The highest BCUT2D eigenvalue weighted by molar-refractivity contribution is 5.69. The van der Waals surface area contributed by atoms with Crippen LogP contribution in [-0.2, 0) is 19.0 Å². The van der Waals surface area contributed by atoms with E-state index < -0.39 is 0 Å². The van der Waals surface area contributed by atoms with Crippen LogP contribution in [0.5, 0.6) is 0 Å². The molecule has 0 saturated carbocycles. The van der Waals surface area contributed by atoms with Gasteiger partial charge < -0.3 is 14.2 Å². The highest BCUT2D eigenvalue weighted by Gasteiger charge is 2.20. The Hall–Kier alpha value is -1.56. The topological polar surface area (TPSA) is 93.5 Å². The molecular formula is C15H25N3O4. The third kappa shape index (κ3) is 8.67. The number of allylic oxidation sites excluding steroid dienone is 2. The molecule has 1 rings (SSSR count). The minimum atomic E-state index is -0.240. The summed E-state index contributed by atoms with van der Waals surface area (Å²) in [5.41, 5.74) is 8.60. The molecule has 1 aliphatic heterocycles. The standard InChI is InChI=1S/C15H25N3O4/c1-2-20-14(19)9-7-5-3-4-6-8-13(17-18-16)12-15-21-10-11-22-15/h3,5,13,15H,2,4,6-12H2,1H3/b5-3-. The van der Waals surface area contributed by atoms with Gasteiger partial charge in [0.05, 0.1) is 19.8 Å². The first-order chi connectivity index (χ1) is 10.8. The third-order valence-corrected chi connectivity index (χ3v) is 3.27. The Morgan fingerprint density at radius 1 is 1.41 bits per heavy atom. The molecule has 1 atom stereocenters. The number of hydrogen-bond acceptors (Lipinski definition) is 5. The van der Waals surface area contributed by atoms with Crippen molar-refractivity contribution in [2.24, 2.45) is 5.11 Å². The molecule has 7 heteroatoms. The molecule has 0 amide bonds. The third-order valence-electron chi connectivity index (χ3n) is 3.27. The van der Waals surface area contributed by atoms with Gasteiger partial charge in [-0.3, -0.25) is 4.79 Å². The van der Waals surface area contributed by atoms with E-state index in [1.807, 2.05) is 6.08 Å². The van der Waals surface area contributed by atoms with Crippen LogP contribution >= 0.6 is 0 Å². The maximum absolute atomic E-state index is 11.1. The average Bonchev–Trinajstić information content (AvgIpc) is 2.99. The summed E-state index contributed by atoms with van der Waals surface area (Å²) < 4.78 is 15.6. The number of unbranched alkanes of at least 4 members (excludes halogenated alkanes) is 1. The van der Waals surface area contributed by atoms with Crippen molar-refractivity contribution in [3.8, 4) is 0 Å². The summed E-state index contributed by atoms with van der Waals surface area (Å²) in [6.07, 6.45) is 8.14. The highest BCUT2D eigenvalue weighted by atomic mass is 16.7. The van der Waals surface area contributed by atoms with Crippen molar-refractivity contribution < 1.29 is 19.0 Å². The second-order valence-corrected chi connectivity index (χ2v) is 5.01. The summed E-state index contributed by atoms with van der Waals surface area (Å²) in [6.45, 7) is 3.45. The van der Waals surface area contributed by atoms with Crippen molar-refractivity contribution in [1.82, 2.24) is 0 Å². The van der Waals surface area contributed by atoms with E-state index >= 15 is 0 Å². The van der Waals surface area contributed by atoms with Gasteiger partial charge in [0.25, 0.3) is 0 Å².